The van der Waals surface area contributed by atoms with Crippen LogP contribution in [0.1, 0.15) is 51.0 Å². The van der Waals surface area contributed by atoms with Crippen LogP contribution < -0.4 is 0 Å². The van der Waals surface area contributed by atoms with Gasteiger partial charge < -0.3 is 14.4 Å². The van der Waals surface area contributed by atoms with Crippen molar-refractivity contribution >= 4 is 17.8 Å². The van der Waals surface area contributed by atoms with Gasteiger partial charge in [-0.1, -0.05) is 0 Å². The lowest BCUT2D eigenvalue weighted by Gasteiger charge is -2.30. The van der Waals surface area contributed by atoms with E-state index in [0.717, 1.165) is 22.3 Å². The SMILES string of the molecule is COC(=O)C1CCN(C(=O)COC(=O)c2c(C)c(C)c(C)c(C)c2C)CC1. The number of methoxy groups -OCH3 is 1. The van der Waals surface area contributed by atoms with Crippen LogP contribution in [0, 0.1) is 40.5 Å². The molecule has 1 aromatic carbocycles. The van der Waals surface area contributed by atoms with Gasteiger partial charge in [0, 0.05) is 13.1 Å². The molecule has 1 saturated heterocycles. The van der Waals surface area contributed by atoms with Crippen LogP contribution >= 0.6 is 0 Å². The molecule has 1 fully saturated rings. The van der Waals surface area contributed by atoms with E-state index in [1.807, 2.05) is 34.6 Å². The van der Waals surface area contributed by atoms with Gasteiger partial charge in [-0.25, -0.2) is 4.79 Å². The average molecular weight is 375 g/mol. The topological polar surface area (TPSA) is 72.9 Å². The van der Waals surface area contributed by atoms with Gasteiger partial charge in [-0.05, 0) is 75.3 Å². The number of ether oxygens (including phenoxy) is 2. The Labute approximate surface area is 160 Å². The van der Waals surface area contributed by atoms with Crippen molar-refractivity contribution in [3.8, 4) is 0 Å². The lowest BCUT2D eigenvalue weighted by Crippen LogP contribution is -2.42. The minimum Gasteiger partial charge on any atom is -0.469 e. The Bertz CT molecular complexity index is 731. The normalized spacial score (nSPS) is 14.8. The molecule has 0 saturated carbocycles. The number of likely N-dealkylation sites (tertiary alicyclic amines) is 1. The van der Waals surface area contributed by atoms with E-state index in [-0.39, 0.29) is 24.4 Å². The van der Waals surface area contributed by atoms with Crippen LogP contribution in [-0.4, -0.2) is 49.6 Å². The summed E-state index contributed by atoms with van der Waals surface area (Å²) in [7, 11) is 1.37. The summed E-state index contributed by atoms with van der Waals surface area (Å²) >= 11 is 0. The van der Waals surface area contributed by atoms with Crippen LogP contribution in [0.5, 0.6) is 0 Å². The van der Waals surface area contributed by atoms with Gasteiger partial charge in [-0.3, -0.25) is 9.59 Å². The molecule has 27 heavy (non-hydrogen) atoms. The number of hydrogen-bond donors (Lipinski definition) is 0. The quantitative estimate of drug-likeness (QED) is 0.757. The maximum Gasteiger partial charge on any atom is 0.339 e. The summed E-state index contributed by atoms with van der Waals surface area (Å²) in [6.07, 6.45) is 1.14. The fourth-order valence-corrected chi connectivity index (χ4v) is 3.63. The first-order chi connectivity index (χ1) is 12.7. The highest BCUT2D eigenvalue weighted by Gasteiger charge is 2.28. The van der Waals surface area contributed by atoms with Crippen LogP contribution in [0.3, 0.4) is 0 Å². The molecule has 6 heteroatoms. The first kappa shape index (κ1) is 20.9. The highest BCUT2D eigenvalue weighted by atomic mass is 16.5. The third kappa shape index (κ3) is 4.31. The zero-order valence-electron chi connectivity index (χ0n) is 17.1. The number of carbonyl (C=O) groups is 3. The fourth-order valence-electron chi connectivity index (χ4n) is 3.63. The van der Waals surface area contributed by atoms with Crippen molar-refractivity contribution in [2.24, 2.45) is 5.92 Å². The number of carbonyl (C=O) groups excluding carboxylic acids is 3. The summed E-state index contributed by atoms with van der Waals surface area (Å²) in [5.41, 5.74) is 5.65. The predicted octanol–water partition coefficient (Wildman–Crippen LogP) is 2.80. The first-order valence-corrected chi connectivity index (χ1v) is 9.28. The minimum absolute atomic E-state index is 0.162. The Balaban J connectivity index is 1.99. The predicted molar refractivity (Wildman–Crippen MR) is 102 cm³/mol. The van der Waals surface area contributed by atoms with E-state index in [2.05, 4.69) is 0 Å². The van der Waals surface area contributed by atoms with Crippen molar-refractivity contribution in [2.45, 2.75) is 47.5 Å². The monoisotopic (exact) mass is 375 g/mol. The molecule has 0 atom stereocenters. The van der Waals surface area contributed by atoms with Crippen LogP contribution in [0.2, 0.25) is 0 Å². The van der Waals surface area contributed by atoms with Gasteiger partial charge in [0.1, 0.15) is 0 Å². The number of benzene rings is 1. The van der Waals surface area contributed by atoms with Gasteiger partial charge in [0.05, 0.1) is 18.6 Å². The largest absolute Gasteiger partial charge is 0.469 e. The third-order valence-electron chi connectivity index (χ3n) is 5.91. The van der Waals surface area contributed by atoms with Crippen LogP contribution in [0.15, 0.2) is 0 Å². The van der Waals surface area contributed by atoms with Gasteiger partial charge in [-0.15, -0.1) is 0 Å². The molecule has 0 spiro atoms. The molecule has 1 amide bonds. The van der Waals surface area contributed by atoms with Crippen molar-refractivity contribution < 1.29 is 23.9 Å². The molecule has 1 heterocycles. The van der Waals surface area contributed by atoms with Crippen LogP contribution in [-0.2, 0) is 19.1 Å². The number of esters is 2. The van der Waals surface area contributed by atoms with Crippen molar-refractivity contribution in [1.29, 1.82) is 0 Å². The number of hydrogen-bond acceptors (Lipinski definition) is 5. The molecular formula is C21H29NO5. The number of nitrogens with zero attached hydrogens (tertiary/aromatic N) is 1. The van der Waals surface area contributed by atoms with Crippen molar-refractivity contribution in [3.63, 3.8) is 0 Å². The molecule has 148 valence electrons. The Morgan fingerprint density at radius 1 is 0.889 bits per heavy atom. The molecule has 0 radical (unpaired) electrons. The number of piperidine rings is 1. The van der Waals surface area contributed by atoms with E-state index >= 15 is 0 Å². The second-order valence-corrected chi connectivity index (χ2v) is 7.25. The molecule has 1 aliphatic heterocycles. The molecule has 0 bridgehead atoms. The van der Waals surface area contributed by atoms with Crippen molar-refractivity contribution in [1.82, 2.24) is 4.90 Å². The Kier molecular flexibility index (Phi) is 6.63. The van der Waals surface area contributed by atoms with Crippen molar-refractivity contribution in [3.05, 3.63) is 33.4 Å². The molecule has 0 aliphatic carbocycles. The smallest absolute Gasteiger partial charge is 0.339 e. The van der Waals surface area contributed by atoms with Crippen molar-refractivity contribution in [2.75, 3.05) is 26.8 Å². The highest BCUT2D eigenvalue weighted by molar-refractivity contribution is 5.95. The summed E-state index contributed by atoms with van der Waals surface area (Å²) in [5, 5.41) is 0. The summed E-state index contributed by atoms with van der Waals surface area (Å²) in [5.74, 6) is -1.09. The maximum atomic E-state index is 12.6. The van der Waals surface area contributed by atoms with E-state index in [1.165, 1.54) is 12.7 Å². The number of amides is 1. The minimum atomic E-state index is -0.464. The lowest BCUT2D eigenvalue weighted by molar-refractivity contribution is -0.149. The summed E-state index contributed by atoms with van der Waals surface area (Å²) in [6, 6.07) is 0. The summed E-state index contributed by atoms with van der Waals surface area (Å²) in [4.78, 5) is 38.2. The van der Waals surface area contributed by atoms with Gasteiger partial charge in [0.15, 0.2) is 6.61 Å². The Morgan fingerprint density at radius 2 is 1.37 bits per heavy atom. The third-order valence-corrected chi connectivity index (χ3v) is 5.91. The van der Waals surface area contributed by atoms with E-state index < -0.39 is 5.97 Å². The van der Waals surface area contributed by atoms with E-state index in [1.54, 1.807) is 4.90 Å². The second kappa shape index (κ2) is 8.55. The molecule has 1 aromatic rings. The van der Waals surface area contributed by atoms with Gasteiger partial charge in [-0.2, -0.15) is 0 Å². The highest BCUT2D eigenvalue weighted by Crippen LogP contribution is 2.26. The van der Waals surface area contributed by atoms with E-state index in [9.17, 15) is 14.4 Å². The lowest BCUT2D eigenvalue weighted by atomic mass is 9.90. The molecule has 2 rings (SSSR count). The summed E-state index contributed by atoms with van der Waals surface area (Å²) < 4.78 is 10.1. The molecule has 0 unspecified atom stereocenters. The molecule has 1 aliphatic rings. The zero-order valence-corrected chi connectivity index (χ0v) is 17.1. The number of rotatable bonds is 4. The van der Waals surface area contributed by atoms with Gasteiger partial charge >= 0.3 is 11.9 Å². The van der Waals surface area contributed by atoms with Crippen LogP contribution in [0.25, 0.3) is 0 Å². The molecule has 0 aromatic heterocycles. The molecular weight excluding hydrogens is 346 g/mol. The Hall–Kier alpha value is -2.37. The van der Waals surface area contributed by atoms with E-state index in [0.29, 0.717) is 31.5 Å². The molecule has 0 N–H and O–H groups in total. The maximum absolute atomic E-state index is 12.6. The first-order valence-electron chi connectivity index (χ1n) is 9.28. The van der Waals surface area contributed by atoms with E-state index in [4.69, 9.17) is 9.47 Å². The van der Waals surface area contributed by atoms with Crippen LogP contribution in [0.4, 0.5) is 0 Å². The average Bonchev–Trinajstić information content (AvgIpc) is 2.68. The van der Waals surface area contributed by atoms with Gasteiger partial charge in [0.2, 0.25) is 0 Å². The second-order valence-electron chi connectivity index (χ2n) is 7.25. The standard InChI is InChI=1S/C21H29NO5/c1-12-13(2)15(4)19(16(5)14(12)3)21(25)27-11-18(23)22-9-7-17(8-10-22)20(24)26-6/h17H,7-11H2,1-6H3. The summed E-state index contributed by atoms with van der Waals surface area (Å²) in [6.45, 7) is 10.5. The fraction of sp³-hybridized carbons (Fsp3) is 0.571. The molecule has 6 nitrogen and oxygen atoms in total. The zero-order chi connectivity index (χ0) is 20.3. The van der Waals surface area contributed by atoms with Gasteiger partial charge in [0.25, 0.3) is 5.91 Å². The Morgan fingerprint density at radius 3 is 1.85 bits per heavy atom.